The monoisotopic (exact) mass is 184 g/mol. The van der Waals surface area contributed by atoms with E-state index in [-0.39, 0.29) is 24.7 Å². The maximum Gasteiger partial charge on any atom is 0.303 e. The molecule has 4 nitrogen and oxygen atoms in total. The van der Waals surface area contributed by atoms with Crippen molar-refractivity contribution in [1.29, 1.82) is 0 Å². The molecule has 0 fully saturated rings. The molecular weight excluding hydrogens is 172 g/mol. The fourth-order valence-corrected chi connectivity index (χ4v) is 1.34. The highest BCUT2D eigenvalue weighted by Crippen LogP contribution is 2.24. The Balaban J connectivity index is 2.61. The van der Waals surface area contributed by atoms with Gasteiger partial charge in [0, 0.05) is 0 Å². The Labute approximate surface area is 75.8 Å². The number of aliphatic hydroxyl groups excluding tert-OH is 2. The van der Waals surface area contributed by atoms with E-state index in [9.17, 15) is 9.90 Å². The van der Waals surface area contributed by atoms with Crippen molar-refractivity contribution in [2.75, 3.05) is 6.61 Å². The zero-order valence-electron chi connectivity index (χ0n) is 7.10. The average molecular weight is 184 g/mol. The minimum Gasteiger partial charge on any atom is -0.508 e. The molecule has 0 saturated heterocycles. The Kier molecular flexibility index (Phi) is 3.08. The average Bonchev–Trinajstić information content (AvgIpc) is 2.07. The zero-order valence-corrected chi connectivity index (χ0v) is 7.10. The summed E-state index contributed by atoms with van der Waals surface area (Å²) in [6.45, 7) is -0.216. The molecular formula is C9H12O4. The van der Waals surface area contributed by atoms with Gasteiger partial charge in [-0.3, -0.25) is 4.79 Å². The van der Waals surface area contributed by atoms with Crippen LogP contribution in [0.15, 0.2) is 23.5 Å². The van der Waals surface area contributed by atoms with Crippen LogP contribution in [-0.4, -0.2) is 27.9 Å². The van der Waals surface area contributed by atoms with Crippen LogP contribution in [0.25, 0.3) is 0 Å². The third kappa shape index (κ3) is 2.59. The van der Waals surface area contributed by atoms with Gasteiger partial charge in [0.05, 0.1) is 13.0 Å². The molecule has 1 aliphatic rings. The second kappa shape index (κ2) is 4.09. The Hall–Kier alpha value is -1.29. The molecule has 4 heteroatoms. The van der Waals surface area contributed by atoms with Gasteiger partial charge in [0.15, 0.2) is 0 Å². The van der Waals surface area contributed by atoms with E-state index < -0.39 is 5.97 Å². The van der Waals surface area contributed by atoms with E-state index in [1.165, 1.54) is 6.08 Å². The maximum absolute atomic E-state index is 10.4. The Morgan fingerprint density at radius 2 is 2.31 bits per heavy atom. The van der Waals surface area contributed by atoms with Crippen molar-refractivity contribution in [3.8, 4) is 0 Å². The zero-order chi connectivity index (χ0) is 9.84. The minimum absolute atomic E-state index is 0.0350. The predicted molar refractivity (Wildman–Crippen MR) is 46.2 cm³/mol. The predicted octanol–water partition coefficient (Wildman–Crippen LogP) is 0.842. The summed E-state index contributed by atoms with van der Waals surface area (Å²) in [6.07, 6.45) is 3.56. The van der Waals surface area contributed by atoms with E-state index in [1.54, 1.807) is 6.08 Å². The van der Waals surface area contributed by atoms with Crippen LogP contribution in [0.5, 0.6) is 0 Å². The van der Waals surface area contributed by atoms with E-state index in [4.69, 9.17) is 10.2 Å². The SMILES string of the molecule is O=C(O)C[C@@H]1C=CC(O)=C(CO)C1. The van der Waals surface area contributed by atoms with Crippen molar-refractivity contribution in [3.63, 3.8) is 0 Å². The number of aliphatic carboxylic acids is 1. The van der Waals surface area contributed by atoms with Crippen LogP contribution in [0.3, 0.4) is 0 Å². The highest BCUT2D eigenvalue weighted by atomic mass is 16.4. The van der Waals surface area contributed by atoms with Gasteiger partial charge in [0.2, 0.25) is 0 Å². The lowest BCUT2D eigenvalue weighted by atomic mass is 9.91. The number of allylic oxidation sites excluding steroid dienone is 2. The van der Waals surface area contributed by atoms with Crippen molar-refractivity contribution in [2.45, 2.75) is 12.8 Å². The van der Waals surface area contributed by atoms with E-state index in [0.717, 1.165) is 0 Å². The summed E-state index contributed by atoms with van der Waals surface area (Å²) in [7, 11) is 0. The molecule has 0 saturated carbocycles. The van der Waals surface area contributed by atoms with Crippen molar-refractivity contribution in [2.24, 2.45) is 5.92 Å². The first-order chi connectivity index (χ1) is 6.13. The molecule has 0 heterocycles. The first kappa shape index (κ1) is 9.80. The van der Waals surface area contributed by atoms with Gasteiger partial charge < -0.3 is 15.3 Å². The number of carboxylic acids is 1. The number of carboxylic acid groups (broad SMARTS) is 1. The first-order valence-electron chi connectivity index (χ1n) is 4.05. The topological polar surface area (TPSA) is 77.8 Å². The largest absolute Gasteiger partial charge is 0.508 e. The van der Waals surface area contributed by atoms with Gasteiger partial charge in [-0.2, -0.15) is 0 Å². The molecule has 0 aromatic rings. The summed E-state index contributed by atoms with van der Waals surface area (Å²) in [6, 6.07) is 0. The van der Waals surface area contributed by atoms with Gasteiger partial charge in [0.25, 0.3) is 0 Å². The maximum atomic E-state index is 10.4. The van der Waals surface area contributed by atoms with Crippen molar-refractivity contribution in [3.05, 3.63) is 23.5 Å². The summed E-state index contributed by atoms with van der Waals surface area (Å²) < 4.78 is 0. The highest BCUT2D eigenvalue weighted by molar-refractivity contribution is 5.67. The van der Waals surface area contributed by atoms with Crippen molar-refractivity contribution in [1.82, 2.24) is 0 Å². The molecule has 1 atom stereocenters. The summed E-state index contributed by atoms with van der Waals surface area (Å²) in [5, 5.41) is 26.5. The molecule has 0 spiro atoms. The van der Waals surface area contributed by atoms with Crippen molar-refractivity contribution < 1.29 is 20.1 Å². The molecule has 0 bridgehead atoms. The normalized spacial score (nSPS) is 22.1. The standard InChI is InChI=1S/C9H12O4/c10-5-7-3-6(4-9(12)13)1-2-8(7)11/h1-2,6,10-11H,3-5H2,(H,12,13)/t6-/m1/s1. The molecule has 1 rings (SSSR count). The van der Waals surface area contributed by atoms with E-state index in [0.29, 0.717) is 12.0 Å². The molecule has 72 valence electrons. The van der Waals surface area contributed by atoms with E-state index in [2.05, 4.69) is 0 Å². The molecule has 0 aromatic heterocycles. The van der Waals surface area contributed by atoms with Crippen LogP contribution >= 0.6 is 0 Å². The third-order valence-corrected chi connectivity index (χ3v) is 2.02. The lowest BCUT2D eigenvalue weighted by molar-refractivity contribution is -0.137. The Morgan fingerprint density at radius 3 is 2.85 bits per heavy atom. The fourth-order valence-electron chi connectivity index (χ4n) is 1.34. The number of carbonyl (C=O) groups is 1. The molecule has 1 aliphatic carbocycles. The molecule has 0 amide bonds. The van der Waals surface area contributed by atoms with Gasteiger partial charge in [-0.1, -0.05) is 6.08 Å². The highest BCUT2D eigenvalue weighted by Gasteiger charge is 2.17. The number of hydrogen-bond donors (Lipinski definition) is 3. The van der Waals surface area contributed by atoms with Crippen molar-refractivity contribution >= 4 is 5.97 Å². The van der Waals surface area contributed by atoms with Crippen LogP contribution in [0.1, 0.15) is 12.8 Å². The molecule has 0 aromatic carbocycles. The second-order valence-corrected chi connectivity index (χ2v) is 3.07. The van der Waals surface area contributed by atoms with Crippen LogP contribution in [0, 0.1) is 5.92 Å². The fraction of sp³-hybridized carbons (Fsp3) is 0.444. The number of hydrogen-bond acceptors (Lipinski definition) is 3. The number of aliphatic hydroxyl groups is 2. The van der Waals surface area contributed by atoms with Gasteiger partial charge in [-0.15, -0.1) is 0 Å². The van der Waals surface area contributed by atoms with E-state index >= 15 is 0 Å². The Morgan fingerprint density at radius 1 is 1.62 bits per heavy atom. The smallest absolute Gasteiger partial charge is 0.303 e. The van der Waals surface area contributed by atoms with Gasteiger partial charge in [-0.05, 0) is 24.0 Å². The first-order valence-corrected chi connectivity index (χ1v) is 4.05. The lowest BCUT2D eigenvalue weighted by Gasteiger charge is -2.16. The van der Waals surface area contributed by atoms with Crippen LogP contribution in [-0.2, 0) is 4.79 Å². The summed E-state index contributed by atoms with van der Waals surface area (Å²) in [5.41, 5.74) is 0.508. The summed E-state index contributed by atoms with van der Waals surface area (Å²) in [4.78, 5) is 10.4. The van der Waals surface area contributed by atoms with Crippen LogP contribution < -0.4 is 0 Å². The third-order valence-electron chi connectivity index (χ3n) is 2.02. The van der Waals surface area contributed by atoms with Gasteiger partial charge >= 0.3 is 5.97 Å². The van der Waals surface area contributed by atoms with Crippen LogP contribution in [0.2, 0.25) is 0 Å². The molecule has 0 radical (unpaired) electrons. The minimum atomic E-state index is -0.867. The van der Waals surface area contributed by atoms with Gasteiger partial charge in [0.1, 0.15) is 5.76 Å². The van der Waals surface area contributed by atoms with Gasteiger partial charge in [-0.25, -0.2) is 0 Å². The quantitative estimate of drug-likeness (QED) is 0.607. The molecule has 0 aliphatic heterocycles. The summed E-state index contributed by atoms with van der Waals surface area (Å²) in [5.74, 6) is -0.923. The summed E-state index contributed by atoms with van der Waals surface area (Å²) >= 11 is 0. The van der Waals surface area contributed by atoms with E-state index in [1.807, 2.05) is 0 Å². The number of rotatable bonds is 3. The molecule has 13 heavy (non-hydrogen) atoms. The van der Waals surface area contributed by atoms with Crippen LogP contribution in [0.4, 0.5) is 0 Å². The molecule has 3 N–H and O–H groups in total. The Bertz CT molecular complexity index is 265. The molecule has 0 unspecified atom stereocenters. The second-order valence-electron chi connectivity index (χ2n) is 3.07. The lowest BCUT2D eigenvalue weighted by Crippen LogP contribution is -2.12.